The van der Waals surface area contributed by atoms with Gasteiger partial charge in [-0.05, 0) is 44.3 Å². The van der Waals surface area contributed by atoms with Crippen LogP contribution in [0.3, 0.4) is 0 Å². The molecule has 0 atom stereocenters. The lowest BCUT2D eigenvalue weighted by Crippen LogP contribution is -1.90. The fourth-order valence-electron chi connectivity index (χ4n) is 2.02. The zero-order valence-corrected chi connectivity index (χ0v) is 10.9. The fraction of sp³-hybridized carbons (Fsp3) is 0.154. The summed E-state index contributed by atoms with van der Waals surface area (Å²) in [5.74, 6) is 0.914. The first kappa shape index (κ1) is 11.1. The van der Waals surface area contributed by atoms with Crippen LogP contribution in [0.2, 0.25) is 0 Å². The summed E-state index contributed by atoms with van der Waals surface area (Å²) in [4.78, 5) is 15.0. The number of nitrogens with zero attached hydrogens (tertiary/aromatic N) is 2. The maximum Gasteiger partial charge on any atom is 0.197 e. The predicted octanol–water partition coefficient (Wildman–Crippen LogP) is 3.30. The summed E-state index contributed by atoms with van der Waals surface area (Å²) in [5.41, 5.74) is 4.91. The number of aromatic amines is 2. The Bertz CT molecular complexity index is 785. The van der Waals surface area contributed by atoms with Gasteiger partial charge in [-0.25, -0.2) is 9.97 Å². The summed E-state index contributed by atoms with van der Waals surface area (Å²) in [6, 6.07) is 8.04. The van der Waals surface area contributed by atoms with Crippen molar-refractivity contribution in [2.75, 3.05) is 0 Å². The molecule has 5 heteroatoms. The average molecular weight is 256 g/mol. The summed E-state index contributed by atoms with van der Waals surface area (Å²) < 4.78 is 0.505. The van der Waals surface area contributed by atoms with Crippen molar-refractivity contribution in [3.63, 3.8) is 0 Å². The summed E-state index contributed by atoms with van der Waals surface area (Å²) in [5, 5.41) is 0. The highest BCUT2D eigenvalue weighted by atomic mass is 32.1. The highest BCUT2D eigenvalue weighted by Gasteiger charge is 2.04. The molecule has 0 fully saturated rings. The van der Waals surface area contributed by atoms with E-state index in [1.807, 2.05) is 38.1 Å². The molecule has 0 bridgehead atoms. The fourth-order valence-corrected chi connectivity index (χ4v) is 2.28. The van der Waals surface area contributed by atoms with E-state index in [-0.39, 0.29) is 0 Å². The molecule has 2 aromatic heterocycles. The van der Waals surface area contributed by atoms with Gasteiger partial charge in [0.2, 0.25) is 0 Å². The molecule has 0 saturated heterocycles. The van der Waals surface area contributed by atoms with Crippen LogP contribution in [0.15, 0.2) is 24.3 Å². The van der Waals surface area contributed by atoms with Gasteiger partial charge < -0.3 is 9.97 Å². The monoisotopic (exact) mass is 256 g/mol. The lowest BCUT2D eigenvalue weighted by Gasteiger charge is -2.02. The second kappa shape index (κ2) is 4.03. The Hall–Kier alpha value is -2.01. The van der Waals surface area contributed by atoms with Crippen molar-refractivity contribution in [2.24, 2.45) is 0 Å². The van der Waals surface area contributed by atoms with Gasteiger partial charge in [0, 0.05) is 11.3 Å². The lowest BCUT2D eigenvalue weighted by molar-refractivity contribution is 1.08. The zero-order chi connectivity index (χ0) is 12.7. The van der Waals surface area contributed by atoms with Gasteiger partial charge in [0.05, 0.1) is 16.7 Å². The summed E-state index contributed by atoms with van der Waals surface area (Å²) >= 11 is 5.10. The van der Waals surface area contributed by atoms with Crippen LogP contribution in [0.5, 0.6) is 0 Å². The normalized spacial score (nSPS) is 11.0. The van der Waals surface area contributed by atoms with E-state index in [1.165, 1.54) is 0 Å². The van der Waals surface area contributed by atoms with Crippen molar-refractivity contribution in [2.45, 2.75) is 13.8 Å². The van der Waals surface area contributed by atoms with Crippen molar-refractivity contribution < 1.29 is 0 Å². The number of aryl methyl sites for hydroxylation is 2. The molecule has 0 radical (unpaired) electrons. The van der Waals surface area contributed by atoms with Crippen molar-refractivity contribution in [3.05, 3.63) is 40.6 Å². The Morgan fingerprint density at radius 3 is 2.67 bits per heavy atom. The van der Waals surface area contributed by atoms with Gasteiger partial charge in [-0.3, -0.25) is 0 Å². The average Bonchev–Trinajstić information content (AvgIpc) is 2.66. The first-order valence-corrected chi connectivity index (χ1v) is 6.07. The molecule has 4 nitrogen and oxygen atoms in total. The van der Waals surface area contributed by atoms with E-state index in [4.69, 9.17) is 12.2 Å². The molecule has 0 spiro atoms. The SMILES string of the molecule is Cc1cc(-c2ccc3nc(C)[nH]c3c2)nc(=S)[nH]1. The smallest absolute Gasteiger partial charge is 0.197 e. The minimum absolute atomic E-state index is 0.505. The van der Waals surface area contributed by atoms with Crippen molar-refractivity contribution in [1.82, 2.24) is 19.9 Å². The molecule has 2 heterocycles. The maximum absolute atomic E-state index is 5.10. The number of nitrogens with one attached hydrogen (secondary N) is 2. The quantitative estimate of drug-likeness (QED) is 0.657. The Labute approximate surface area is 109 Å². The van der Waals surface area contributed by atoms with Gasteiger partial charge in [0.25, 0.3) is 0 Å². The topological polar surface area (TPSA) is 57.4 Å². The molecule has 0 aliphatic heterocycles. The van der Waals surface area contributed by atoms with E-state index < -0.39 is 0 Å². The molecule has 1 aromatic carbocycles. The minimum Gasteiger partial charge on any atom is -0.342 e. The van der Waals surface area contributed by atoms with Crippen LogP contribution in [0.1, 0.15) is 11.5 Å². The standard InChI is InChI=1S/C13H12N4S/c1-7-5-11(17-13(18)14-7)9-3-4-10-12(6-9)16-8(2)15-10/h3-6H,1-2H3,(H,15,16)(H,14,17,18). The molecule has 3 rings (SSSR count). The molecular formula is C13H12N4S. The number of hydrogen-bond acceptors (Lipinski definition) is 3. The van der Waals surface area contributed by atoms with Crippen molar-refractivity contribution >= 4 is 23.3 Å². The highest BCUT2D eigenvalue weighted by Crippen LogP contribution is 2.22. The minimum atomic E-state index is 0.505. The van der Waals surface area contributed by atoms with Gasteiger partial charge in [-0.15, -0.1) is 0 Å². The number of aromatic nitrogens is 4. The van der Waals surface area contributed by atoms with Gasteiger partial charge in [-0.2, -0.15) is 0 Å². The van der Waals surface area contributed by atoms with Crippen LogP contribution in [0.4, 0.5) is 0 Å². The van der Waals surface area contributed by atoms with Crippen molar-refractivity contribution in [1.29, 1.82) is 0 Å². The van der Waals surface area contributed by atoms with Crippen LogP contribution in [-0.2, 0) is 0 Å². The lowest BCUT2D eigenvalue weighted by atomic mass is 10.1. The number of H-pyrrole nitrogens is 2. The van der Waals surface area contributed by atoms with Gasteiger partial charge in [-0.1, -0.05) is 6.07 Å². The molecule has 18 heavy (non-hydrogen) atoms. The number of hydrogen-bond donors (Lipinski definition) is 2. The number of benzene rings is 1. The predicted molar refractivity (Wildman–Crippen MR) is 74.0 cm³/mol. The van der Waals surface area contributed by atoms with Gasteiger partial charge in [0.1, 0.15) is 5.82 Å². The molecule has 3 aromatic rings. The van der Waals surface area contributed by atoms with Crippen LogP contribution in [-0.4, -0.2) is 19.9 Å². The summed E-state index contributed by atoms with van der Waals surface area (Å²) in [7, 11) is 0. The second-order valence-corrected chi connectivity index (χ2v) is 4.70. The molecule has 0 amide bonds. The van der Waals surface area contributed by atoms with Gasteiger partial charge >= 0.3 is 0 Å². The molecule has 90 valence electrons. The third-order valence-electron chi connectivity index (χ3n) is 2.78. The molecule has 0 aliphatic rings. The van der Waals surface area contributed by atoms with E-state index in [0.29, 0.717) is 4.77 Å². The van der Waals surface area contributed by atoms with Crippen LogP contribution in [0.25, 0.3) is 22.3 Å². The second-order valence-electron chi connectivity index (χ2n) is 4.31. The number of rotatable bonds is 1. The molecule has 0 unspecified atom stereocenters. The van der Waals surface area contributed by atoms with E-state index in [9.17, 15) is 0 Å². The van der Waals surface area contributed by atoms with Crippen molar-refractivity contribution in [3.8, 4) is 11.3 Å². The maximum atomic E-state index is 5.10. The van der Waals surface area contributed by atoms with E-state index in [0.717, 1.165) is 33.8 Å². The number of fused-ring (bicyclic) bond motifs is 1. The van der Waals surface area contributed by atoms with Crippen LogP contribution < -0.4 is 0 Å². The zero-order valence-electron chi connectivity index (χ0n) is 10.1. The number of imidazole rings is 1. The first-order chi connectivity index (χ1) is 8.61. The Morgan fingerprint density at radius 2 is 1.89 bits per heavy atom. The Balaban J connectivity index is 2.21. The first-order valence-electron chi connectivity index (χ1n) is 5.66. The van der Waals surface area contributed by atoms with Crippen LogP contribution >= 0.6 is 12.2 Å². The molecule has 2 N–H and O–H groups in total. The summed E-state index contributed by atoms with van der Waals surface area (Å²) in [6.07, 6.45) is 0. The molecule has 0 saturated carbocycles. The highest BCUT2D eigenvalue weighted by molar-refractivity contribution is 7.71. The van der Waals surface area contributed by atoms with E-state index >= 15 is 0 Å². The molecule has 0 aliphatic carbocycles. The third-order valence-corrected chi connectivity index (χ3v) is 2.97. The summed E-state index contributed by atoms with van der Waals surface area (Å²) in [6.45, 7) is 3.92. The van der Waals surface area contributed by atoms with Crippen LogP contribution in [0, 0.1) is 18.6 Å². The van der Waals surface area contributed by atoms with Gasteiger partial charge in [0.15, 0.2) is 4.77 Å². The van der Waals surface area contributed by atoms with E-state index in [2.05, 4.69) is 19.9 Å². The third kappa shape index (κ3) is 1.93. The Morgan fingerprint density at radius 1 is 1.06 bits per heavy atom. The Kier molecular flexibility index (Phi) is 2.48. The van der Waals surface area contributed by atoms with E-state index in [1.54, 1.807) is 0 Å². The largest absolute Gasteiger partial charge is 0.342 e. The molecular weight excluding hydrogens is 244 g/mol.